The van der Waals surface area contributed by atoms with Gasteiger partial charge in [-0.15, -0.1) is 0 Å². The number of carbonyl (C=O) groups excluding carboxylic acids is 1. The van der Waals surface area contributed by atoms with Gasteiger partial charge in [-0.25, -0.2) is 15.0 Å². The maximum absolute atomic E-state index is 11.9. The molecule has 110 valence electrons. The second kappa shape index (κ2) is 5.87. The van der Waals surface area contributed by atoms with Gasteiger partial charge in [0.05, 0.1) is 0 Å². The van der Waals surface area contributed by atoms with Gasteiger partial charge in [0.25, 0.3) is 5.91 Å². The maximum atomic E-state index is 11.9. The van der Waals surface area contributed by atoms with Gasteiger partial charge in [-0.3, -0.25) is 25.2 Å². The number of anilines is 2. The first-order valence-corrected chi connectivity index (χ1v) is 6.32. The van der Waals surface area contributed by atoms with Gasteiger partial charge in [-0.05, 0) is 12.1 Å². The summed E-state index contributed by atoms with van der Waals surface area (Å²) in [7, 11) is 0. The molecule has 3 heterocycles. The number of nitrogens with one attached hydrogen (secondary N) is 2. The van der Waals surface area contributed by atoms with Crippen molar-refractivity contribution in [1.29, 1.82) is 0 Å². The lowest BCUT2D eigenvalue weighted by Crippen LogP contribution is -2.31. The molecule has 0 radical (unpaired) electrons. The standard InChI is InChI=1S/C13H12N8O/c14-10-11(17-7-18-12(10)21-6-5-15-8-21)19-20-13(22)9-3-1-2-4-16-9/h1-8H,14H2,(H,20,22)(H,17,18,19). The quantitative estimate of drug-likeness (QED) is 0.595. The molecule has 9 heteroatoms. The lowest BCUT2D eigenvalue weighted by Gasteiger charge is -2.11. The number of nitrogens with two attached hydrogens (primary N) is 1. The molecule has 0 fully saturated rings. The summed E-state index contributed by atoms with van der Waals surface area (Å²) in [6.45, 7) is 0. The Morgan fingerprint density at radius 2 is 2.09 bits per heavy atom. The van der Waals surface area contributed by atoms with E-state index in [-0.39, 0.29) is 17.2 Å². The summed E-state index contributed by atoms with van der Waals surface area (Å²) in [6.07, 6.45) is 7.74. The number of pyridine rings is 1. The zero-order valence-electron chi connectivity index (χ0n) is 11.3. The highest BCUT2D eigenvalue weighted by molar-refractivity contribution is 5.93. The van der Waals surface area contributed by atoms with Crippen molar-refractivity contribution in [3.63, 3.8) is 0 Å². The highest BCUT2D eigenvalue weighted by Gasteiger charge is 2.11. The van der Waals surface area contributed by atoms with Crippen LogP contribution < -0.4 is 16.6 Å². The molecule has 0 aliphatic heterocycles. The van der Waals surface area contributed by atoms with E-state index in [2.05, 4.69) is 30.8 Å². The number of aromatic nitrogens is 5. The minimum atomic E-state index is -0.400. The second-order valence-corrected chi connectivity index (χ2v) is 4.22. The molecule has 3 rings (SSSR count). The molecule has 0 bridgehead atoms. The lowest BCUT2D eigenvalue weighted by molar-refractivity contribution is 0.0957. The van der Waals surface area contributed by atoms with Crippen molar-refractivity contribution < 1.29 is 4.79 Å². The third-order valence-corrected chi connectivity index (χ3v) is 2.80. The average molecular weight is 296 g/mol. The Labute approximate surface area is 125 Å². The first-order valence-electron chi connectivity index (χ1n) is 6.32. The Morgan fingerprint density at radius 3 is 2.82 bits per heavy atom. The molecule has 0 aromatic carbocycles. The molecule has 3 aromatic rings. The maximum Gasteiger partial charge on any atom is 0.288 e. The van der Waals surface area contributed by atoms with E-state index in [1.54, 1.807) is 41.5 Å². The fourth-order valence-corrected chi connectivity index (χ4v) is 1.75. The van der Waals surface area contributed by atoms with Crippen molar-refractivity contribution >= 4 is 17.4 Å². The Balaban J connectivity index is 1.76. The largest absolute Gasteiger partial charge is 0.393 e. The third kappa shape index (κ3) is 2.68. The number of nitrogen functional groups attached to an aromatic ring is 1. The SMILES string of the molecule is Nc1c(NNC(=O)c2ccccn2)ncnc1-n1ccnc1. The van der Waals surface area contributed by atoms with Crippen LogP contribution in [0.15, 0.2) is 49.4 Å². The number of hydrazine groups is 1. The van der Waals surface area contributed by atoms with Crippen LogP contribution in [0, 0.1) is 0 Å². The van der Waals surface area contributed by atoms with Crippen LogP contribution in [-0.4, -0.2) is 30.4 Å². The van der Waals surface area contributed by atoms with Gasteiger partial charge in [0.15, 0.2) is 11.6 Å². The smallest absolute Gasteiger partial charge is 0.288 e. The molecule has 4 N–H and O–H groups in total. The van der Waals surface area contributed by atoms with Gasteiger partial charge in [0.2, 0.25) is 0 Å². The molecular weight excluding hydrogens is 284 g/mol. The first kappa shape index (κ1) is 13.5. The number of hydrogen-bond acceptors (Lipinski definition) is 7. The summed E-state index contributed by atoms with van der Waals surface area (Å²) in [5.41, 5.74) is 11.7. The van der Waals surface area contributed by atoms with Crippen molar-refractivity contribution in [3.8, 4) is 5.82 Å². The summed E-state index contributed by atoms with van der Waals surface area (Å²) in [5.74, 6) is 0.341. The number of carbonyl (C=O) groups is 1. The van der Waals surface area contributed by atoms with E-state index in [0.717, 1.165) is 0 Å². The Hall–Kier alpha value is -3.49. The fourth-order valence-electron chi connectivity index (χ4n) is 1.75. The van der Waals surface area contributed by atoms with Gasteiger partial charge in [0, 0.05) is 18.6 Å². The molecule has 0 aliphatic rings. The molecule has 0 aliphatic carbocycles. The molecule has 0 spiro atoms. The summed E-state index contributed by atoms with van der Waals surface area (Å²) >= 11 is 0. The van der Waals surface area contributed by atoms with Crippen LogP contribution in [0.25, 0.3) is 5.82 Å². The van der Waals surface area contributed by atoms with E-state index >= 15 is 0 Å². The highest BCUT2D eigenvalue weighted by Crippen LogP contribution is 2.20. The minimum absolute atomic E-state index is 0.275. The molecule has 0 atom stereocenters. The molecule has 1 amide bonds. The van der Waals surface area contributed by atoms with Crippen molar-refractivity contribution in [1.82, 2.24) is 29.9 Å². The van der Waals surface area contributed by atoms with Crippen LogP contribution in [0.5, 0.6) is 0 Å². The van der Waals surface area contributed by atoms with Crippen LogP contribution >= 0.6 is 0 Å². The van der Waals surface area contributed by atoms with Crippen LogP contribution in [0.1, 0.15) is 10.5 Å². The summed E-state index contributed by atoms with van der Waals surface area (Å²) in [5, 5.41) is 0. The van der Waals surface area contributed by atoms with E-state index in [1.165, 1.54) is 12.5 Å². The minimum Gasteiger partial charge on any atom is -0.393 e. The predicted octanol–water partition coefficient (Wildman–Crippen LogP) is 0.396. The summed E-state index contributed by atoms with van der Waals surface area (Å²) in [6, 6.07) is 5.04. The Bertz CT molecular complexity index is 772. The Morgan fingerprint density at radius 1 is 1.18 bits per heavy atom. The average Bonchev–Trinajstić information content (AvgIpc) is 3.08. The highest BCUT2D eigenvalue weighted by atomic mass is 16.2. The van der Waals surface area contributed by atoms with Gasteiger partial charge in [-0.1, -0.05) is 6.07 Å². The molecule has 9 nitrogen and oxygen atoms in total. The molecule has 0 unspecified atom stereocenters. The van der Waals surface area contributed by atoms with Gasteiger partial charge in [-0.2, -0.15) is 0 Å². The molecular formula is C13H12N8O. The van der Waals surface area contributed by atoms with Crippen LogP contribution in [0.3, 0.4) is 0 Å². The number of imidazole rings is 1. The van der Waals surface area contributed by atoms with Crippen LogP contribution in [0.4, 0.5) is 11.5 Å². The number of rotatable bonds is 4. The number of nitrogens with zero attached hydrogens (tertiary/aromatic N) is 5. The van der Waals surface area contributed by atoms with Crippen LogP contribution in [-0.2, 0) is 0 Å². The van der Waals surface area contributed by atoms with Crippen molar-refractivity contribution in [3.05, 3.63) is 55.1 Å². The summed E-state index contributed by atoms with van der Waals surface area (Å²) in [4.78, 5) is 27.9. The molecule has 0 saturated heterocycles. The zero-order valence-corrected chi connectivity index (χ0v) is 11.3. The third-order valence-electron chi connectivity index (χ3n) is 2.80. The molecule has 22 heavy (non-hydrogen) atoms. The topological polar surface area (TPSA) is 124 Å². The Kier molecular flexibility index (Phi) is 3.60. The van der Waals surface area contributed by atoms with Gasteiger partial charge in [0.1, 0.15) is 24.0 Å². The van der Waals surface area contributed by atoms with Gasteiger partial charge >= 0.3 is 0 Å². The lowest BCUT2D eigenvalue weighted by atomic mass is 10.3. The summed E-state index contributed by atoms with van der Waals surface area (Å²) < 4.78 is 1.64. The van der Waals surface area contributed by atoms with E-state index in [4.69, 9.17) is 5.73 Å². The number of hydrogen-bond donors (Lipinski definition) is 3. The molecule has 0 saturated carbocycles. The van der Waals surface area contributed by atoms with Crippen molar-refractivity contribution in [2.45, 2.75) is 0 Å². The predicted molar refractivity (Wildman–Crippen MR) is 78.9 cm³/mol. The van der Waals surface area contributed by atoms with E-state index in [9.17, 15) is 4.79 Å². The van der Waals surface area contributed by atoms with E-state index in [1.807, 2.05) is 0 Å². The van der Waals surface area contributed by atoms with Crippen LogP contribution in [0.2, 0.25) is 0 Å². The fraction of sp³-hybridized carbons (Fsp3) is 0. The normalized spacial score (nSPS) is 10.2. The second-order valence-electron chi connectivity index (χ2n) is 4.22. The van der Waals surface area contributed by atoms with Crippen molar-refractivity contribution in [2.24, 2.45) is 0 Å². The first-order chi connectivity index (χ1) is 10.8. The molecule has 3 aromatic heterocycles. The number of amides is 1. The van der Waals surface area contributed by atoms with Gasteiger partial charge < -0.3 is 5.73 Å². The monoisotopic (exact) mass is 296 g/mol. The van der Waals surface area contributed by atoms with Crippen molar-refractivity contribution in [2.75, 3.05) is 11.2 Å². The zero-order chi connectivity index (χ0) is 15.4. The van der Waals surface area contributed by atoms with E-state index in [0.29, 0.717) is 5.82 Å². The van der Waals surface area contributed by atoms with E-state index < -0.39 is 5.91 Å².